The maximum absolute atomic E-state index is 9.20. The average Bonchev–Trinajstić information content (AvgIpc) is 2.33. The lowest BCUT2D eigenvalue weighted by Crippen LogP contribution is -2.28. The van der Waals surface area contributed by atoms with E-state index in [1.54, 1.807) is 0 Å². The van der Waals surface area contributed by atoms with E-state index in [1.165, 1.54) is 0 Å². The Bertz CT molecular complexity index is 348. The Balaban J connectivity index is 2.07. The third-order valence-corrected chi connectivity index (χ3v) is 2.63. The fraction of sp³-hybridized carbons (Fsp3) is 0.583. The molecule has 0 amide bonds. The van der Waals surface area contributed by atoms with Crippen LogP contribution in [0.4, 0.5) is 0 Å². The summed E-state index contributed by atoms with van der Waals surface area (Å²) >= 11 is 0. The van der Waals surface area contributed by atoms with Crippen molar-refractivity contribution >= 4 is 0 Å². The number of aromatic nitrogens is 1. The maximum Gasteiger partial charge on any atom is 0.143 e. The van der Waals surface area contributed by atoms with E-state index in [-0.39, 0.29) is 12.7 Å². The fourth-order valence-corrected chi connectivity index (χ4v) is 1.80. The van der Waals surface area contributed by atoms with E-state index in [1.807, 2.05) is 19.1 Å². The molecule has 0 aliphatic carbocycles. The average molecular weight is 223 g/mol. The Hall–Kier alpha value is -1.13. The van der Waals surface area contributed by atoms with E-state index in [4.69, 9.17) is 9.47 Å². The van der Waals surface area contributed by atoms with Gasteiger partial charge in [-0.2, -0.15) is 0 Å². The second kappa shape index (κ2) is 5.27. The van der Waals surface area contributed by atoms with Gasteiger partial charge in [0.05, 0.1) is 13.2 Å². The first-order valence-corrected chi connectivity index (χ1v) is 5.61. The van der Waals surface area contributed by atoms with E-state index < -0.39 is 0 Å². The quantitative estimate of drug-likeness (QED) is 0.842. The number of aliphatic hydroxyl groups excluding tert-OH is 1. The van der Waals surface area contributed by atoms with Crippen LogP contribution in [0.5, 0.6) is 5.75 Å². The summed E-state index contributed by atoms with van der Waals surface area (Å²) in [5.74, 6) is 0.670. The zero-order valence-electron chi connectivity index (χ0n) is 9.48. The van der Waals surface area contributed by atoms with Crippen LogP contribution in [0.3, 0.4) is 0 Å². The minimum Gasteiger partial charge on any atom is -0.486 e. The highest BCUT2D eigenvalue weighted by atomic mass is 16.5. The highest BCUT2D eigenvalue weighted by Crippen LogP contribution is 2.21. The summed E-state index contributed by atoms with van der Waals surface area (Å²) in [5, 5.41) is 9.20. The van der Waals surface area contributed by atoms with Crippen molar-refractivity contribution in [3.8, 4) is 5.75 Å². The standard InChI is InChI=1S/C12H17NO3/c1-9-4-5-12(11(7-14)13-9)16-10-3-2-6-15-8-10/h4-5,10,14H,2-3,6-8H2,1H3. The lowest BCUT2D eigenvalue weighted by Gasteiger charge is -2.24. The van der Waals surface area contributed by atoms with Crippen molar-refractivity contribution < 1.29 is 14.6 Å². The first-order valence-electron chi connectivity index (χ1n) is 5.61. The molecular formula is C12H17NO3. The van der Waals surface area contributed by atoms with Crippen molar-refractivity contribution in [1.29, 1.82) is 0 Å². The van der Waals surface area contributed by atoms with Gasteiger partial charge >= 0.3 is 0 Å². The molecule has 0 bridgehead atoms. The van der Waals surface area contributed by atoms with Crippen LogP contribution in [0.1, 0.15) is 24.2 Å². The molecule has 1 aliphatic rings. The number of nitrogens with zero attached hydrogens (tertiary/aromatic N) is 1. The molecule has 4 nitrogen and oxygen atoms in total. The highest BCUT2D eigenvalue weighted by Gasteiger charge is 2.17. The first kappa shape index (κ1) is 11.4. The summed E-state index contributed by atoms with van der Waals surface area (Å²) in [4.78, 5) is 4.24. The number of ether oxygens (including phenoxy) is 2. The molecule has 88 valence electrons. The number of hydrogen-bond acceptors (Lipinski definition) is 4. The van der Waals surface area contributed by atoms with Crippen molar-refractivity contribution in [2.24, 2.45) is 0 Å². The monoisotopic (exact) mass is 223 g/mol. The molecule has 2 heterocycles. The molecular weight excluding hydrogens is 206 g/mol. The first-order chi connectivity index (χ1) is 7.79. The molecule has 0 aromatic carbocycles. The summed E-state index contributed by atoms with van der Waals surface area (Å²) in [6.07, 6.45) is 2.11. The van der Waals surface area contributed by atoms with Crippen molar-refractivity contribution in [1.82, 2.24) is 4.98 Å². The van der Waals surface area contributed by atoms with Crippen molar-refractivity contribution in [3.63, 3.8) is 0 Å². The van der Waals surface area contributed by atoms with Crippen LogP contribution in [0.25, 0.3) is 0 Å². The Kier molecular flexibility index (Phi) is 3.74. The predicted molar refractivity (Wildman–Crippen MR) is 59.4 cm³/mol. The Morgan fingerprint density at radius 2 is 2.44 bits per heavy atom. The number of aliphatic hydroxyl groups is 1. The van der Waals surface area contributed by atoms with Crippen LogP contribution in [0.15, 0.2) is 12.1 Å². The van der Waals surface area contributed by atoms with Crippen molar-refractivity contribution in [2.75, 3.05) is 13.2 Å². The molecule has 1 fully saturated rings. The van der Waals surface area contributed by atoms with Gasteiger partial charge in [0.15, 0.2) is 0 Å². The minimum absolute atomic E-state index is 0.0866. The van der Waals surface area contributed by atoms with Gasteiger partial charge < -0.3 is 14.6 Å². The fourth-order valence-electron chi connectivity index (χ4n) is 1.80. The Morgan fingerprint density at radius 3 is 3.12 bits per heavy atom. The summed E-state index contributed by atoms with van der Waals surface area (Å²) < 4.78 is 11.1. The van der Waals surface area contributed by atoms with Gasteiger partial charge in [-0.3, -0.25) is 4.98 Å². The van der Waals surface area contributed by atoms with Crippen molar-refractivity contribution in [2.45, 2.75) is 32.5 Å². The second-order valence-corrected chi connectivity index (χ2v) is 4.01. The van der Waals surface area contributed by atoms with Crippen LogP contribution < -0.4 is 4.74 Å². The minimum atomic E-state index is -0.0927. The number of aryl methyl sites for hydroxylation is 1. The van der Waals surface area contributed by atoms with Gasteiger partial charge in [0, 0.05) is 12.3 Å². The Labute approximate surface area is 95.2 Å². The maximum atomic E-state index is 9.20. The normalized spacial score (nSPS) is 20.8. The van der Waals surface area contributed by atoms with Crippen LogP contribution in [-0.2, 0) is 11.3 Å². The predicted octanol–water partition coefficient (Wildman–Crippen LogP) is 1.44. The molecule has 1 aromatic heterocycles. The molecule has 0 spiro atoms. The van der Waals surface area contributed by atoms with Crippen LogP contribution in [-0.4, -0.2) is 29.4 Å². The Morgan fingerprint density at radius 1 is 1.56 bits per heavy atom. The van der Waals surface area contributed by atoms with Gasteiger partial charge in [-0.25, -0.2) is 0 Å². The number of hydrogen-bond donors (Lipinski definition) is 1. The lowest BCUT2D eigenvalue weighted by atomic mass is 10.2. The SMILES string of the molecule is Cc1ccc(OC2CCCOC2)c(CO)n1. The van der Waals surface area contributed by atoms with Gasteiger partial charge in [-0.15, -0.1) is 0 Å². The van der Waals surface area contributed by atoms with Gasteiger partial charge in [-0.1, -0.05) is 0 Å². The van der Waals surface area contributed by atoms with E-state index >= 15 is 0 Å². The summed E-state index contributed by atoms with van der Waals surface area (Å²) in [5.41, 5.74) is 1.49. The molecule has 1 aromatic rings. The molecule has 1 N–H and O–H groups in total. The molecule has 1 aliphatic heterocycles. The smallest absolute Gasteiger partial charge is 0.143 e. The van der Waals surface area contributed by atoms with E-state index in [2.05, 4.69) is 4.98 Å². The third kappa shape index (κ3) is 2.71. The topological polar surface area (TPSA) is 51.6 Å². The molecule has 1 unspecified atom stereocenters. The summed E-state index contributed by atoms with van der Waals surface area (Å²) in [7, 11) is 0. The van der Waals surface area contributed by atoms with E-state index in [0.717, 1.165) is 25.1 Å². The second-order valence-electron chi connectivity index (χ2n) is 4.01. The molecule has 1 saturated heterocycles. The lowest BCUT2D eigenvalue weighted by molar-refractivity contribution is 0.00636. The van der Waals surface area contributed by atoms with Gasteiger partial charge in [0.2, 0.25) is 0 Å². The van der Waals surface area contributed by atoms with Crippen molar-refractivity contribution in [3.05, 3.63) is 23.5 Å². The van der Waals surface area contributed by atoms with Crippen LogP contribution in [0, 0.1) is 6.92 Å². The van der Waals surface area contributed by atoms with Gasteiger partial charge in [0.25, 0.3) is 0 Å². The number of rotatable bonds is 3. The molecule has 2 rings (SSSR count). The zero-order valence-corrected chi connectivity index (χ0v) is 9.48. The third-order valence-electron chi connectivity index (χ3n) is 2.63. The molecule has 16 heavy (non-hydrogen) atoms. The summed E-state index contributed by atoms with van der Waals surface area (Å²) in [6, 6.07) is 3.75. The van der Waals surface area contributed by atoms with Crippen LogP contribution >= 0.6 is 0 Å². The van der Waals surface area contributed by atoms with Gasteiger partial charge in [0.1, 0.15) is 17.5 Å². The van der Waals surface area contributed by atoms with E-state index in [9.17, 15) is 5.11 Å². The number of pyridine rings is 1. The zero-order chi connectivity index (χ0) is 11.4. The molecule has 0 radical (unpaired) electrons. The van der Waals surface area contributed by atoms with E-state index in [0.29, 0.717) is 18.1 Å². The van der Waals surface area contributed by atoms with Gasteiger partial charge in [-0.05, 0) is 31.9 Å². The highest BCUT2D eigenvalue weighted by molar-refractivity contribution is 5.29. The molecule has 1 atom stereocenters. The summed E-state index contributed by atoms with van der Waals surface area (Å²) in [6.45, 7) is 3.24. The molecule has 4 heteroatoms. The molecule has 0 saturated carbocycles. The largest absolute Gasteiger partial charge is 0.486 e. The van der Waals surface area contributed by atoms with Crippen LogP contribution in [0.2, 0.25) is 0 Å².